The molecule has 0 spiro atoms. The Kier molecular flexibility index (Phi) is 4.76. The van der Waals surface area contributed by atoms with Gasteiger partial charge in [0.05, 0.1) is 6.61 Å². The van der Waals surface area contributed by atoms with Crippen molar-refractivity contribution in [2.45, 2.75) is 38.0 Å². The monoisotopic (exact) mass is 279 g/mol. The normalized spacial score (nSPS) is 17.6. The van der Waals surface area contributed by atoms with Crippen LogP contribution in [0.5, 0.6) is 0 Å². The SMILES string of the molecule is CCOC(=O)C(CN)(CCC1CC1)c1cccc(F)c1. The number of ether oxygens (including phenoxy) is 1. The molecule has 110 valence electrons. The van der Waals surface area contributed by atoms with E-state index in [2.05, 4.69) is 0 Å². The third-order valence-corrected chi connectivity index (χ3v) is 4.07. The van der Waals surface area contributed by atoms with Gasteiger partial charge in [0.25, 0.3) is 0 Å². The summed E-state index contributed by atoms with van der Waals surface area (Å²) < 4.78 is 18.7. The summed E-state index contributed by atoms with van der Waals surface area (Å²) in [4.78, 5) is 12.4. The predicted molar refractivity (Wildman–Crippen MR) is 75.7 cm³/mol. The summed E-state index contributed by atoms with van der Waals surface area (Å²) >= 11 is 0. The number of carbonyl (C=O) groups excluding carboxylic acids is 1. The van der Waals surface area contributed by atoms with E-state index < -0.39 is 5.41 Å². The smallest absolute Gasteiger partial charge is 0.317 e. The van der Waals surface area contributed by atoms with Gasteiger partial charge in [0, 0.05) is 6.54 Å². The van der Waals surface area contributed by atoms with Crippen molar-refractivity contribution in [3.05, 3.63) is 35.6 Å². The van der Waals surface area contributed by atoms with E-state index in [1.165, 1.54) is 25.0 Å². The first-order valence-corrected chi connectivity index (χ1v) is 7.25. The molecule has 0 bridgehead atoms. The summed E-state index contributed by atoms with van der Waals surface area (Å²) in [6.07, 6.45) is 3.99. The third kappa shape index (κ3) is 3.18. The lowest BCUT2D eigenvalue weighted by Gasteiger charge is -2.30. The quantitative estimate of drug-likeness (QED) is 0.781. The number of carbonyl (C=O) groups is 1. The van der Waals surface area contributed by atoms with Crippen LogP contribution in [0, 0.1) is 11.7 Å². The minimum Gasteiger partial charge on any atom is -0.465 e. The minimum absolute atomic E-state index is 0.141. The van der Waals surface area contributed by atoms with Gasteiger partial charge in [-0.25, -0.2) is 4.39 Å². The first-order chi connectivity index (χ1) is 9.62. The van der Waals surface area contributed by atoms with Crippen LogP contribution in [0.15, 0.2) is 24.3 Å². The summed E-state index contributed by atoms with van der Waals surface area (Å²) in [5, 5.41) is 0. The van der Waals surface area contributed by atoms with Crippen LogP contribution in [0.25, 0.3) is 0 Å². The van der Waals surface area contributed by atoms with Crippen LogP contribution in [0.4, 0.5) is 4.39 Å². The maximum atomic E-state index is 13.5. The molecule has 1 aromatic rings. The molecule has 0 aromatic heterocycles. The molecule has 1 unspecified atom stereocenters. The van der Waals surface area contributed by atoms with E-state index in [9.17, 15) is 9.18 Å². The van der Waals surface area contributed by atoms with E-state index in [1.54, 1.807) is 19.1 Å². The van der Waals surface area contributed by atoms with Crippen molar-refractivity contribution in [2.24, 2.45) is 11.7 Å². The molecule has 1 saturated carbocycles. The molecule has 0 saturated heterocycles. The lowest BCUT2D eigenvalue weighted by Crippen LogP contribution is -2.44. The Bertz CT molecular complexity index is 473. The van der Waals surface area contributed by atoms with Gasteiger partial charge < -0.3 is 10.5 Å². The second-order valence-electron chi connectivity index (χ2n) is 5.50. The predicted octanol–water partition coefficient (Wildman–Crippen LogP) is 2.78. The highest BCUT2D eigenvalue weighted by molar-refractivity contribution is 5.83. The van der Waals surface area contributed by atoms with Gasteiger partial charge in [-0.2, -0.15) is 0 Å². The van der Waals surface area contributed by atoms with Gasteiger partial charge in [-0.15, -0.1) is 0 Å². The molecule has 3 nitrogen and oxygen atoms in total. The summed E-state index contributed by atoms with van der Waals surface area (Å²) in [7, 11) is 0. The number of nitrogens with two attached hydrogens (primary N) is 1. The number of benzene rings is 1. The highest BCUT2D eigenvalue weighted by atomic mass is 19.1. The molecular weight excluding hydrogens is 257 g/mol. The number of hydrogen-bond acceptors (Lipinski definition) is 3. The maximum Gasteiger partial charge on any atom is 0.317 e. The van der Waals surface area contributed by atoms with E-state index in [0.717, 1.165) is 6.42 Å². The molecule has 1 aliphatic rings. The van der Waals surface area contributed by atoms with Crippen LogP contribution in [-0.2, 0) is 14.9 Å². The molecule has 1 fully saturated rings. The zero-order valence-corrected chi connectivity index (χ0v) is 11.9. The topological polar surface area (TPSA) is 52.3 Å². The van der Waals surface area contributed by atoms with Gasteiger partial charge >= 0.3 is 5.97 Å². The number of hydrogen-bond donors (Lipinski definition) is 1. The molecule has 0 radical (unpaired) electrons. The molecule has 0 aliphatic heterocycles. The first kappa shape index (κ1) is 15.0. The van der Waals surface area contributed by atoms with Crippen LogP contribution in [0.1, 0.15) is 38.2 Å². The van der Waals surface area contributed by atoms with E-state index in [0.29, 0.717) is 24.5 Å². The fourth-order valence-corrected chi connectivity index (χ4v) is 2.58. The van der Waals surface area contributed by atoms with Crippen molar-refractivity contribution in [3.63, 3.8) is 0 Å². The lowest BCUT2D eigenvalue weighted by molar-refractivity contribution is -0.150. The summed E-state index contributed by atoms with van der Waals surface area (Å²) in [5.41, 5.74) is 5.61. The maximum absolute atomic E-state index is 13.5. The fraction of sp³-hybridized carbons (Fsp3) is 0.562. The van der Waals surface area contributed by atoms with Gasteiger partial charge in [-0.3, -0.25) is 4.79 Å². The number of halogens is 1. The molecule has 4 heteroatoms. The Morgan fingerprint density at radius 1 is 1.50 bits per heavy atom. The molecule has 2 rings (SSSR count). The second kappa shape index (κ2) is 6.35. The van der Waals surface area contributed by atoms with Crippen LogP contribution < -0.4 is 5.73 Å². The van der Waals surface area contributed by atoms with E-state index in [-0.39, 0.29) is 18.3 Å². The lowest BCUT2D eigenvalue weighted by atomic mass is 9.76. The molecule has 20 heavy (non-hydrogen) atoms. The highest BCUT2D eigenvalue weighted by Gasteiger charge is 2.41. The Balaban J connectivity index is 2.30. The highest BCUT2D eigenvalue weighted by Crippen LogP contribution is 2.39. The third-order valence-electron chi connectivity index (χ3n) is 4.07. The summed E-state index contributed by atoms with van der Waals surface area (Å²) in [6.45, 7) is 2.22. The van der Waals surface area contributed by atoms with E-state index >= 15 is 0 Å². The van der Waals surface area contributed by atoms with Crippen LogP contribution >= 0.6 is 0 Å². The van der Waals surface area contributed by atoms with Crippen molar-refractivity contribution in [3.8, 4) is 0 Å². The van der Waals surface area contributed by atoms with Gasteiger partial charge in [-0.1, -0.05) is 25.0 Å². The van der Waals surface area contributed by atoms with Crippen molar-refractivity contribution in [2.75, 3.05) is 13.2 Å². The van der Waals surface area contributed by atoms with E-state index in [1.807, 2.05) is 0 Å². The van der Waals surface area contributed by atoms with Crippen LogP contribution in [0.3, 0.4) is 0 Å². The van der Waals surface area contributed by atoms with Crippen molar-refractivity contribution in [1.82, 2.24) is 0 Å². The van der Waals surface area contributed by atoms with Gasteiger partial charge in [0.1, 0.15) is 11.2 Å². The zero-order valence-electron chi connectivity index (χ0n) is 11.9. The molecule has 1 atom stereocenters. The van der Waals surface area contributed by atoms with Crippen LogP contribution in [0.2, 0.25) is 0 Å². The van der Waals surface area contributed by atoms with Crippen molar-refractivity contribution < 1.29 is 13.9 Å². The number of esters is 1. The van der Waals surface area contributed by atoms with Crippen LogP contribution in [-0.4, -0.2) is 19.1 Å². The molecule has 0 heterocycles. The van der Waals surface area contributed by atoms with Crippen molar-refractivity contribution in [1.29, 1.82) is 0 Å². The Morgan fingerprint density at radius 3 is 2.80 bits per heavy atom. The van der Waals surface area contributed by atoms with Gasteiger partial charge in [0.2, 0.25) is 0 Å². The number of rotatable bonds is 7. The molecule has 2 N–H and O–H groups in total. The molecular formula is C16H22FNO2. The fourth-order valence-electron chi connectivity index (χ4n) is 2.58. The summed E-state index contributed by atoms with van der Waals surface area (Å²) in [6, 6.07) is 6.15. The molecule has 1 aromatic carbocycles. The largest absolute Gasteiger partial charge is 0.465 e. The Hall–Kier alpha value is -1.42. The van der Waals surface area contributed by atoms with Gasteiger partial charge in [0.15, 0.2) is 0 Å². The summed E-state index contributed by atoms with van der Waals surface area (Å²) in [5.74, 6) is -0.00583. The minimum atomic E-state index is -0.916. The first-order valence-electron chi connectivity index (χ1n) is 7.25. The molecule has 1 aliphatic carbocycles. The average Bonchev–Trinajstić information content (AvgIpc) is 3.25. The second-order valence-corrected chi connectivity index (χ2v) is 5.50. The standard InChI is InChI=1S/C16H22FNO2/c1-2-20-15(19)16(11-18,9-8-12-6-7-12)13-4-3-5-14(17)10-13/h3-5,10,12H,2,6-9,11,18H2,1H3. The Labute approximate surface area is 119 Å². The van der Waals surface area contributed by atoms with E-state index in [4.69, 9.17) is 10.5 Å². The average molecular weight is 279 g/mol. The molecule has 0 amide bonds. The van der Waals surface area contributed by atoms with Crippen molar-refractivity contribution >= 4 is 5.97 Å². The Morgan fingerprint density at radius 2 is 2.25 bits per heavy atom. The zero-order chi connectivity index (χ0) is 14.6. The van der Waals surface area contributed by atoms with Gasteiger partial charge in [-0.05, 0) is 43.4 Å².